The maximum atomic E-state index is 10.5. The van der Waals surface area contributed by atoms with E-state index in [9.17, 15) is 4.79 Å². The van der Waals surface area contributed by atoms with Gasteiger partial charge in [-0.1, -0.05) is 25.1 Å². The summed E-state index contributed by atoms with van der Waals surface area (Å²) < 4.78 is 5.89. The minimum absolute atomic E-state index is 0.774. The molecule has 0 spiro atoms. The number of ether oxygens (including phenoxy) is 1. The van der Waals surface area contributed by atoms with Gasteiger partial charge in [-0.25, -0.2) is 4.79 Å². The molecule has 1 N–H and O–H groups in total. The van der Waals surface area contributed by atoms with Crippen molar-refractivity contribution in [3.05, 3.63) is 65.2 Å². The van der Waals surface area contributed by atoms with Gasteiger partial charge in [0.25, 0.3) is 0 Å². The van der Waals surface area contributed by atoms with Crippen LogP contribution in [0, 0.1) is 6.92 Å². The van der Waals surface area contributed by atoms with E-state index in [1.807, 2.05) is 43.3 Å². The molecule has 3 heteroatoms. The fourth-order valence-electron chi connectivity index (χ4n) is 2.01. The van der Waals surface area contributed by atoms with Crippen LogP contribution in [0.2, 0.25) is 0 Å². The average Bonchev–Trinajstić information content (AvgIpc) is 2.48. The van der Waals surface area contributed by atoms with Crippen LogP contribution in [0.5, 0.6) is 11.5 Å². The Morgan fingerprint density at radius 2 is 2.05 bits per heavy atom. The summed E-state index contributed by atoms with van der Waals surface area (Å²) in [4.78, 5) is 10.5. The number of benzene rings is 2. The van der Waals surface area contributed by atoms with Crippen LogP contribution in [-0.4, -0.2) is 11.1 Å². The second-order valence-corrected chi connectivity index (χ2v) is 4.80. The first-order valence-electron chi connectivity index (χ1n) is 6.87. The van der Waals surface area contributed by atoms with Gasteiger partial charge in [0.1, 0.15) is 11.5 Å². The third-order valence-electron chi connectivity index (χ3n) is 3.15. The van der Waals surface area contributed by atoms with Crippen molar-refractivity contribution in [3.63, 3.8) is 0 Å². The molecule has 0 aliphatic heterocycles. The van der Waals surface area contributed by atoms with Gasteiger partial charge in [0.2, 0.25) is 0 Å². The largest absolute Gasteiger partial charge is 0.478 e. The molecular weight excluding hydrogens is 264 g/mol. The molecule has 0 saturated carbocycles. The molecule has 0 unspecified atom stereocenters. The van der Waals surface area contributed by atoms with Crippen molar-refractivity contribution < 1.29 is 14.6 Å². The van der Waals surface area contributed by atoms with Gasteiger partial charge in [0, 0.05) is 6.08 Å². The molecule has 0 aliphatic carbocycles. The van der Waals surface area contributed by atoms with Crippen LogP contribution in [0.3, 0.4) is 0 Å². The van der Waals surface area contributed by atoms with E-state index in [4.69, 9.17) is 9.84 Å². The predicted molar refractivity (Wildman–Crippen MR) is 83.7 cm³/mol. The van der Waals surface area contributed by atoms with Gasteiger partial charge in [0.15, 0.2) is 0 Å². The number of carboxylic acids is 1. The zero-order chi connectivity index (χ0) is 15.2. The van der Waals surface area contributed by atoms with Crippen molar-refractivity contribution in [3.8, 4) is 11.5 Å². The molecule has 3 nitrogen and oxygen atoms in total. The van der Waals surface area contributed by atoms with Crippen molar-refractivity contribution in [2.24, 2.45) is 0 Å². The summed E-state index contributed by atoms with van der Waals surface area (Å²) in [6.45, 7) is 4.05. The molecule has 0 saturated heterocycles. The highest BCUT2D eigenvalue weighted by molar-refractivity contribution is 5.85. The summed E-state index contributed by atoms with van der Waals surface area (Å²) in [5.41, 5.74) is 3.03. The Hall–Kier alpha value is -2.55. The maximum absolute atomic E-state index is 10.5. The summed E-state index contributed by atoms with van der Waals surface area (Å²) in [6, 6.07) is 13.6. The van der Waals surface area contributed by atoms with Crippen LogP contribution in [0.1, 0.15) is 23.6 Å². The van der Waals surface area contributed by atoms with Crippen LogP contribution in [0.4, 0.5) is 0 Å². The smallest absolute Gasteiger partial charge is 0.328 e. The lowest BCUT2D eigenvalue weighted by Crippen LogP contribution is -1.90. The molecule has 0 atom stereocenters. The summed E-state index contributed by atoms with van der Waals surface area (Å²) >= 11 is 0. The quantitative estimate of drug-likeness (QED) is 0.824. The molecule has 21 heavy (non-hydrogen) atoms. The first kappa shape index (κ1) is 14.9. The van der Waals surface area contributed by atoms with E-state index >= 15 is 0 Å². The Kier molecular flexibility index (Phi) is 4.77. The fraction of sp³-hybridized carbons (Fsp3) is 0.167. The van der Waals surface area contributed by atoms with E-state index in [1.54, 1.807) is 6.08 Å². The Bertz CT molecular complexity index is 672. The van der Waals surface area contributed by atoms with E-state index < -0.39 is 5.97 Å². The number of hydrogen-bond acceptors (Lipinski definition) is 2. The molecule has 0 heterocycles. The SMILES string of the molecule is CCc1cccc(Oc2ccc(C=CC(=O)O)cc2C)c1. The highest BCUT2D eigenvalue weighted by Crippen LogP contribution is 2.26. The van der Waals surface area contributed by atoms with Gasteiger partial charge in [-0.2, -0.15) is 0 Å². The van der Waals surface area contributed by atoms with E-state index in [0.717, 1.165) is 35.1 Å². The lowest BCUT2D eigenvalue weighted by atomic mass is 10.1. The van der Waals surface area contributed by atoms with Gasteiger partial charge >= 0.3 is 5.97 Å². The van der Waals surface area contributed by atoms with Crippen LogP contribution >= 0.6 is 0 Å². The fourth-order valence-corrected chi connectivity index (χ4v) is 2.01. The second-order valence-electron chi connectivity index (χ2n) is 4.80. The Morgan fingerprint density at radius 3 is 2.71 bits per heavy atom. The Morgan fingerprint density at radius 1 is 1.24 bits per heavy atom. The van der Waals surface area contributed by atoms with Crippen LogP contribution in [-0.2, 0) is 11.2 Å². The average molecular weight is 282 g/mol. The monoisotopic (exact) mass is 282 g/mol. The van der Waals surface area contributed by atoms with Gasteiger partial charge in [-0.15, -0.1) is 0 Å². The number of aliphatic carboxylic acids is 1. The van der Waals surface area contributed by atoms with Gasteiger partial charge in [-0.3, -0.25) is 0 Å². The number of hydrogen-bond donors (Lipinski definition) is 1. The molecular formula is C18H18O3. The Labute approximate surface area is 124 Å². The summed E-state index contributed by atoms with van der Waals surface area (Å²) in [5.74, 6) is 0.631. The lowest BCUT2D eigenvalue weighted by Gasteiger charge is -2.10. The molecule has 0 aromatic heterocycles. The number of carboxylic acid groups (broad SMARTS) is 1. The minimum Gasteiger partial charge on any atom is -0.478 e. The van der Waals surface area contributed by atoms with Crippen LogP contribution < -0.4 is 4.74 Å². The summed E-state index contributed by atoms with van der Waals surface area (Å²) in [5, 5.41) is 8.63. The molecule has 0 aliphatic rings. The van der Waals surface area contributed by atoms with Gasteiger partial charge in [-0.05, 0) is 60.4 Å². The van der Waals surface area contributed by atoms with E-state index in [0.29, 0.717) is 0 Å². The zero-order valence-corrected chi connectivity index (χ0v) is 12.2. The van der Waals surface area contributed by atoms with E-state index in [2.05, 4.69) is 13.0 Å². The second kappa shape index (κ2) is 6.75. The normalized spacial score (nSPS) is 10.8. The van der Waals surface area contributed by atoms with Crippen molar-refractivity contribution in [1.82, 2.24) is 0 Å². The van der Waals surface area contributed by atoms with E-state index in [1.165, 1.54) is 5.56 Å². The predicted octanol–water partition coefficient (Wildman–Crippen LogP) is 4.45. The molecule has 2 aromatic rings. The highest BCUT2D eigenvalue weighted by Gasteiger charge is 2.03. The number of carbonyl (C=O) groups is 1. The minimum atomic E-state index is -0.954. The third kappa shape index (κ3) is 4.21. The first-order chi connectivity index (χ1) is 10.1. The molecule has 0 radical (unpaired) electrons. The zero-order valence-electron chi connectivity index (χ0n) is 12.2. The molecule has 2 rings (SSSR count). The van der Waals surface area contributed by atoms with Crippen molar-refractivity contribution in [2.45, 2.75) is 20.3 Å². The molecule has 2 aromatic carbocycles. The van der Waals surface area contributed by atoms with Crippen LogP contribution in [0.15, 0.2) is 48.5 Å². The first-order valence-corrected chi connectivity index (χ1v) is 6.87. The highest BCUT2D eigenvalue weighted by atomic mass is 16.5. The van der Waals surface area contributed by atoms with Crippen molar-refractivity contribution in [1.29, 1.82) is 0 Å². The van der Waals surface area contributed by atoms with Gasteiger partial charge < -0.3 is 9.84 Å². The third-order valence-corrected chi connectivity index (χ3v) is 3.15. The van der Waals surface area contributed by atoms with Gasteiger partial charge in [0.05, 0.1) is 0 Å². The summed E-state index contributed by atoms with van der Waals surface area (Å²) in [6.07, 6.45) is 3.66. The topological polar surface area (TPSA) is 46.5 Å². The van der Waals surface area contributed by atoms with Crippen molar-refractivity contribution >= 4 is 12.0 Å². The molecule has 0 fully saturated rings. The number of aryl methyl sites for hydroxylation is 2. The molecule has 0 amide bonds. The van der Waals surface area contributed by atoms with Crippen LogP contribution in [0.25, 0.3) is 6.08 Å². The standard InChI is InChI=1S/C18H18O3/c1-3-14-5-4-6-16(12-14)21-17-9-7-15(11-13(17)2)8-10-18(19)20/h4-12H,3H2,1-2H3,(H,19,20). The molecule has 108 valence electrons. The molecule has 0 bridgehead atoms. The van der Waals surface area contributed by atoms with E-state index in [-0.39, 0.29) is 0 Å². The van der Waals surface area contributed by atoms with Crippen molar-refractivity contribution in [2.75, 3.05) is 0 Å². The number of rotatable bonds is 5. The Balaban J connectivity index is 2.19. The maximum Gasteiger partial charge on any atom is 0.328 e. The summed E-state index contributed by atoms with van der Waals surface area (Å²) in [7, 11) is 0. The lowest BCUT2D eigenvalue weighted by molar-refractivity contribution is -0.131.